The first-order valence-electron chi connectivity index (χ1n) is 7.69. The summed E-state index contributed by atoms with van der Waals surface area (Å²) in [4.78, 5) is 37.6. The molecule has 0 unspecified atom stereocenters. The number of methoxy groups -OCH3 is 1. The number of nitrogens with zero attached hydrogens (tertiary/aromatic N) is 1. The van der Waals surface area contributed by atoms with Gasteiger partial charge >= 0.3 is 5.97 Å². The molecular formula is C18H15BrN2O4S. The Bertz CT molecular complexity index is 857. The summed E-state index contributed by atoms with van der Waals surface area (Å²) < 4.78 is 5.62. The van der Waals surface area contributed by atoms with Gasteiger partial charge in [0.2, 0.25) is 0 Å². The molecule has 1 atom stereocenters. The highest BCUT2D eigenvalue weighted by Crippen LogP contribution is 2.30. The number of thioether (sulfide) groups is 1. The van der Waals surface area contributed by atoms with E-state index in [1.165, 1.54) is 12.0 Å². The van der Waals surface area contributed by atoms with Gasteiger partial charge in [-0.25, -0.2) is 4.79 Å². The van der Waals surface area contributed by atoms with Crippen LogP contribution in [0.2, 0.25) is 0 Å². The zero-order chi connectivity index (χ0) is 18.7. The van der Waals surface area contributed by atoms with Crippen molar-refractivity contribution in [2.24, 2.45) is 0 Å². The quantitative estimate of drug-likeness (QED) is 0.719. The van der Waals surface area contributed by atoms with Crippen LogP contribution in [0, 0.1) is 0 Å². The average Bonchev–Trinajstić information content (AvgIpc) is 2.90. The van der Waals surface area contributed by atoms with Crippen LogP contribution in [0.15, 0.2) is 53.0 Å². The minimum atomic E-state index is -0.674. The predicted octanol–water partition coefficient (Wildman–Crippen LogP) is 3.87. The van der Waals surface area contributed by atoms with Crippen LogP contribution in [0.25, 0.3) is 0 Å². The minimum absolute atomic E-state index is 0.105. The minimum Gasteiger partial charge on any atom is -0.465 e. The maximum absolute atomic E-state index is 12.6. The van der Waals surface area contributed by atoms with Gasteiger partial charge in [-0.1, -0.05) is 28.1 Å². The number of carbonyl (C=O) groups excluding carboxylic acids is 3. The van der Waals surface area contributed by atoms with E-state index in [1.807, 2.05) is 24.3 Å². The van der Waals surface area contributed by atoms with Crippen molar-refractivity contribution in [2.75, 3.05) is 12.4 Å². The predicted molar refractivity (Wildman–Crippen MR) is 103 cm³/mol. The molecule has 0 bridgehead atoms. The number of hydrogen-bond donors (Lipinski definition) is 1. The Hall–Kier alpha value is -2.32. The Labute approximate surface area is 163 Å². The largest absolute Gasteiger partial charge is 0.465 e. The van der Waals surface area contributed by atoms with E-state index < -0.39 is 11.3 Å². The third kappa shape index (κ3) is 4.08. The van der Waals surface area contributed by atoms with E-state index in [4.69, 9.17) is 4.74 Å². The first kappa shape index (κ1) is 18.5. The molecule has 2 amide bonds. The van der Waals surface area contributed by atoms with E-state index in [1.54, 1.807) is 24.3 Å². The van der Waals surface area contributed by atoms with E-state index in [0.717, 1.165) is 21.9 Å². The number of hydrogen-bond acceptors (Lipinski definition) is 6. The SMILES string of the molecule is COC(=O)c1cccc(CN2C(=O)S[C@H](Nc3ccc(Br)cc3)C2=O)c1. The lowest BCUT2D eigenvalue weighted by Crippen LogP contribution is -2.34. The molecule has 1 N–H and O–H groups in total. The van der Waals surface area contributed by atoms with Crippen LogP contribution in [-0.4, -0.2) is 34.5 Å². The molecule has 0 spiro atoms. The summed E-state index contributed by atoms with van der Waals surface area (Å²) in [6.45, 7) is 0.105. The summed E-state index contributed by atoms with van der Waals surface area (Å²) in [5, 5.41) is 2.06. The zero-order valence-corrected chi connectivity index (χ0v) is 16.2. The molecule has 2 aromatic rings. The van der Waals surface area contributed by atoms with Gasteiger partial charge in [-0.3, -0.25) is 14.5 Å². The number of esters is 1. The van der Waals surface area contributed by atoms with Gasteiger partial charge < -0.3 is 10.1 Å². The monoisotopic (exact) mass is 434 g/mol. The molecule has 0 aliphatic carbocycles. The molecule has 8 heteroatoms. The van der Waals surface area contributed by atoms with Crippen molar-refractivity contribution in [3.63, 3.8) is 0 Å². The van der Waals surface area contributed by atoms with Crippen LogP contribution < -0.4 is 5.32 Å². The number of imide groups is 1. The number of amides is 2. The van der Waals surface area contributed by atoms with E-state index in [0.29, 0.717) is 11.1 Å². The fraction of sp³-hybridized carbons (Fsp3) is 0.167. The molecular weight excluding hydrogens is 420 g/mol. The standard InChI is InChI=1S/C18H15BrN2O4S/c1-25-17(23)12-4-2-3-11(9-12)10-21-16(22)15(26-18(21)24)20-14-7-5-13(19)6-8-14/h2-9,15,20H,10H2,1H3/t15-/m0/s1. The summed E-state index contributed by atoms with van der Waals surface area (Å²) in [5.74, 6) is -0.776. The number of rotatable bonds is 5. The molecule has 3 rings (SSSR count). The van der Waals surface area contributed by atoms with E-state index in [-0.39, 0.29) is 17.7 Å². The highest BCUT2D eigenvalue weighted by Gasteiger charge is 2.39. The molecule has 6 nitrogen and oxygen atoms in total. The fourth-order valence-electron chi connectivity index (χ4n) is 2.47. The smallest absolute Gasteiger partial charge is 0.337 e. The van der Waals surface area contributed by atoms with Crippen molar-refractivity contribution in [3.8, 4) is 0 Å². The molecule has 26 heavy (non-hydrogen) atoms. The molecule has 2 aromatic carbocycles. The van der Waals surface area contributed by atoms with E-state index >= 15 is 0 Å². The molecule has 134 valence electrons. The lowest BCUT2D eigenvalue weighted by molar-refractivity contribution is -0.126. The van der Waals surface area contributed by atoms with E-state index in [2.05, 4.69) is 21.2 Å². The average molecular weight is 435 g/mol. The number of nitrogens with one attached hydrogen (secondary N) is 1. The van der Waals surface area contributed by atoms with Gasteiger partial charge in [0.25, 0.3) is 11.1 Å². The Morgan fingerprint density at radius 3 is 2.65 bits per heavy atom. The molecule has 1 heterocycles. The number of anilines is 1. The summed E-state index contributed by atoms with van der Waals surface area (Å²) >= 11 is 4.29. The van der Waals surface area contributed by atoms with Gasteiger partial charge in [0.1, 0.15) is 0 Å². The third-order valence-corrected chi connectivity index (χ3v) is 5.27. The second-order valence-electron chi connectivity index (χ2n) is 5.53. The topological polar surface area (TPSA) is 75.7 Å². The van der Waals surface area contributed by atoms with Gasteiger partial charge in [-0.2, -0.15) is 0 Å². The summed E-state index contributed by atoms with van der Waals surface area (Å²) in [6, 6.07) is 14.0. The first-order valence-corrected chi connectivity index (χ1v) is 9.36. The molecule has 0 aromatic heterocycles. The molecule has 0 saturated carbocycles. The Morgan fingerprint density at radius 1 is 1.23 bits per heavy atom. The number of halogens is 1. The molecule has 1 aliphatic heterocycles. The van der Waals surface area contributed by atoms with Crippen LogP contribution in [0.1, 0.15) is 15.9 Å². The molecule has 1 aliphatic rings. The third-order valence-electron chi connectivity index (χ3n) is 3.76. The van der Waals surface area contributed by atoms with Crippen LogP contribution in [-0.2, 0) is 16.1 Å². The number of benzene rings is 2. The van der Waals surface area contributed by atoms with Gasteiger partial charge in [0.05, 0.1) is 19.2 Å². The van der Waals surface area contributed by atoms with Crippen molar-refractivity contribution in [3.05, 3.63) is 64.1 Å². The highest BCUT2D eigenvalue weighted by atomic mass is 79.9. The maximum atomic E-state index is 12.6. The Balaban J connectivity index is 1.71. The fourth-order valence-corrected chi connectivity index (χ4v) is 3.65. The van der Waals surface area contributed by atoms with Gasteiger partial charge in [-0.15, -0.1) is 0 Å². The van der Waals surface area contributed by atoms with Gasteiger partial charge in [-0.05, 0) is 53.7 Å². The highest BCUT2D eigenvalue weighted by molar-refractivity contribution is 9.10. The Kier molecular flexibility index (Phi) is 5.63. The van der Waals surface area contributed by atoms with Crippen molar-refractivity contribution >= 4 is 50.5 Å². The van der Waals surface area contributed by atoms with Crippen LogP contribution in [0.4, 0.5) is 10.5 Å². The van der Waals surface area contributed by atoms with E-state index in [9.17, 15) is 14.4 Å². The zero-order valence-electron chi connectivity index (χ0n) is 13.8. The van der Waals surface area contributed by atoms with Crippen LogP contribution in [0.5, 0.6) is 0 Å². The maximum Gasteiger partial charge on any atom is 0.337 e. The van der Waals surface area contributed by atoms with Crippen molar-refractivity contribution in [1.82, 2.24) is 4.90 Å². The van der Waals surface area contributed by atoms with Crippen molar-refractivity contribution < 1.29 is 19.1 Å². The van der Waals surface area contributed by atoms with Crippen LogP contribution in [0.3, 0.4) is 0 Å². The molecule has 0 radical (unpaired) electrons. The second-order valence-corrected chi connectivity index (χ2v) is 7.50. The first-order chi connectivity index (χ1) is 12.5. The molecule has 1 saturated heterocycles. The molecule has 1 fully saturated rings. The lowest BCUT2D eigenvalue weighted by Gasteiger charge is -2.15. The summed E-state index contributed by atoms with van der Waals surface area (Å²) in [5.41, 5.74) is 1.81. The summed E-state index contributed by atoms with van der Waals surface area (Å²) in [6.07, 6.45) is 0. The summed E-state index contributed by atoms with van der Waals surface area (Å²) in [7, 11) is 1.30. The normalized spacial score (nSPS) is 16.7. The van der Waals surface area contributed by atoms with Crippen LogP contribution >= 0.6 is 27.7 Å². The van der Waals surface area contributed by atoms with Gasteiger partial charge in [0.15, 0.2) is 5.37 Å². The van der Waals surface area contributed by atoms with Gasteiger partial charge in [0, 0.05) is 10.2 Å². The van der Waals surface area contributed by atoms with Crippen molar-refractivity contribution in [1.29, 1.82) is 0 Å². The lowest BCUT2D eigenvalue weighted by atomic mass is 10.1. The second kappa shape index (κ2) is 7.92. The van der Waals surface area contributed by atoms with Crippen molar-refractivity contribution in [2.45, 2.75) is 11.9 Å². The number of ether oxygens (including phenoxy) is 1. The number of carbonyl (C=O) groups is 3. The Morgan fingerprint density at radius 2 is 1.96 bits per heavy atom.